The molecule has 2 amide bonds. The number of primary amides is 1. The first-order valence-electron chi connectivity index (χ1n) is 10.1. The number of hydrogen-bond acceptors (Lipinski definition) is 4. The summed E-state index contributed by atoms with van der Waals surface area (Å²) in [7, 11) is 0. The van der Waals surface area contributed by atoms with Gasteiger partial charge in [0.25, 0.3) is 0 Å². The number of rotatable bonds is 11. The van der Waals surface area contributed by atoms with E-state index in [1.54, 1.807) is 31.2 Å². The summed E-state index contributed by atoms with van der Waals surface area (Å²) in [5.41, 5.74) is 13.7. The number of hydrogen-bond donors (Lipinski definition) is 3. The zero-order valence-electron chi connectivity index (χ0n) is 17.0. The van der Waals surface area contributed by atoms with E-state index in [4.69, 9.17) is 11.5 Å². The highest BCUT2D eigenvalue weighted by atomic mass is 16.3. The van der Waals surface area contributed by atoms with Crippen LogP contribution in [-0.2, 0) is 22.4 Å². The maximum atomic E-state index is 12.9. The monoisotopic (exact) mass is 397 g/mol. The van der Waals surface area contributed by atoms with Crippen molar-refractivity contribution >= 4 is 11.8 Å². The topological polar surface area (TPSA) is 110 Å². The summed E-state index contributed by atoms with van der Waals surface area (Å²) in [6, 6.07) is 15.4. The number of carbonyl (C=O) groups is 2. The number of nitrogens with zero attached hydrogens (tertiary/aromatic N) is 1. The van der Waals surface area contributed by atoms with Gasteiger partial charge in [-0.05, 0) is 55.9 Å². The summed E-state index contributed by atoms with van der Waals surface area (Å²) in [6.45, 7) is 2.08. The van der Waals surface area contributed by atoms with Crippen molar-refractivity contribution in [2.75, 3.05) is 6.54 Å². The molecule has 2 rings (SSSR count). The number of nitrogens with two attached hydrogens (primary N) is 2. The van der Waals surface area contributed by atoms with Gasteiger partial charge in [0, 0.05) is 6.54 Å². The number of amides is 2. The van der Waals surface area contributed by atoms with Crippen LogP contribution in [0.3, 0.4) is 0 Å². The van der Waals surface area contributed by atoms with Crippen molar-refractivity contribution in [3.8, 4) is 5.75 Å². The smallest absolute Gasteiger partial charge is 0.240 e. The van der Waals surface area contributed by atoms with Crippen molar-refractivity contribution < 1.29 is 14.7 Å². The van der Waals surface area contributed by atoms with Gasteiger partial charge in [-0.15, -0.1) is 0 Å². The molecular weight excluding hydrogens is 366 g/mol. The normalized spacial score (nSPS) is 12.9. The lowest BCUT2D eigenvalue weighted by Gasteiger charge is -2.30. The number of aryl methyl sites for hydroxylation is 1. The molecule has 0 fully saturated rings. The SMILES string of the molecule is C[C@H](C(N)=O)N(CCCCCc1ccccc1)C(=O)[C@@H](N)Cc1ccc(O)cc1. The van der Waals surface area contributed by atoms with Crippen LogP contribution in [0.25, 0.3) is 0 Å². The van der Waals surface area contributed by atoms with Crippen molar-refractivity contribution in [3.63, 3.8) is 0 Å². The summed E-state index contributed by atoms with van der Waals surface area (Å²) < 4.78 is 0. The van der Waals surface area contributed by atoms with Crippen LogP contribution in [0.2, 0.25) is 0 Å². The Labute approximate surface area is 172 Å². The van der Waals surface area contributed by atoms with Crippen LogP contribution in [0.4, 0.5) is 0 Å². The average Bonchev–Trinajstić information content (AvgIpc) is 2.72. The molecule has 0 saturated heterocycles. The van der Waals surface area contributed by atoms with Gasteiger partial charge in [-0.1, -0.05) is 48.9 Å². The predicted octanol–water partition coefficient (Wildman–Crippen LogP) is 2.38. The standard InChI is InChI=1S/C23H31N3O3/c1-17(22(25)28)26(15-7-3-6-10-18-8-4-2-5-9-18)23(29)21(24)16-19-11-13-20(27)14-12-19/h2,4-5,8-9,11-14,17,21,27H,3,6-7,10,15-16,24H2,1H3,(H2,25,28)/t17-,21+/m1/s1. The van der Waals surface area contributed by atoms with Gasteiger partial charge in [-0.25, -0.2) is 0 Å². The molecule has 0 radical (unpaired) electrons. The Kier molecular flexibility index (Phi) is 8.68. The molecule has 29 heavy (non-hydrogen) atoms. The molecule has 0 aliphatic heterocycles. The van der Waals surface area contributed by atoms with Gasteiger partial charge in [0.15, 0.2) is 0 Å². The largest absolute Gasteiger partial charge is 0.508 e. The zero-order chi connectivity index (χ0) is 21.2. The van der Waals surface area contributed by atoms with E-state index in [0.717, 1.165) is 31.2 Å². The summed E-state index contributed by atoms with van der Waals surface area (Å²) in [4.78, 5) is 26.1. The fraction of sp³-hybridized carbons (Fsp3) is 0.391. The van der Waals surface area contributed by atoms with E-state index < -0.39 is 18.0 Å². The van der Waals surface area contributed by atoms with Gasteiger partial charge in [0.1, 0.15) is 11.8 Å². The second kappa shape index (κ2) is 11.2. The lowest BCUT2D eigenvalue weighted by Crippen LogP contribution is -2.52. The quantitative estimate of drug-likeness (QED) is 0.506. The lowest BCUT2D eigenvalue weighted by molar-refractivity contribution is -0.139. The molecule has 0 spiro atoms. The molecule has 0 aromatic heterocycles. The van der Waals surface area contributed by atoms with Crippen LogP contribution >= 0.6 is 0 Å². The van der Waals surface area contributed by atoms with E-state index in [1.165, 1.54) is 10.5 Å². The lowest BCUT2D eigenvalue weighted by atomic mass is 10.0. The van der Waals surface area contributed by atoms with E-state index in [9.17, 15) is 14.7 Å². The van der Waals surface area contributed by atoms with E-state index in [2.05, 4.69) is 12.1 Å². The van der Waals surface area contributed by atoms with Gasteiger partial charge < -0.3 is 21.5 Å². The second-order valence-corrected chi connectivity index (χ2v) is 7.38. The number of benzene rings is 2. The Bertz CT molecular complexity index is 778. The van der Waals surface area contributed by atoms with E-state index in [-0.39, 0.29) is 11.7 Å². The van der Waals surface area contributed by atoms with Gasteiger partial charge in [-0.3, -0.25) is 9.59 Å². The Morgan fingerprint density at radius 2 is 1.62 bits per heavy atom. The molecule has 0 bridgehead atoms. The maximum absolute atomic E-state index is 12.9. The number of phenols is 1. The van der Waals surface area contributed by atoms with Gasteiger partial charge in [0.05, 0.1) is 6.04 Å². The van der Waals surface area contributed by atoms with Crippen LogP contribution < -0.4 is 11.5 Å². The molecule has 156 valence electrons. The van der Waals surface area contributed by atoms with Crippen LogP contribution in [0.5, 0.6) is 5.75 Å². The molecule has 2 aromatic carbocycles. The first kappa shape index (κ1) is 22.4. The highest BCUT2D eigenvalue weighted by molar-refractivity contribution is 5.88. The minimum Gasteiger partial charge on any atom is -0.508 e. The number of aromatic hydroxyl groups is 1. The van der Waals surface area contributed by atoms with Gasteiger partial charge in [-0.2, -0.15) is 0 Å². The molecule has 0 aliphatic carbocycles. The molecular formula is C23H31N3O3. The summed E-state index contributed by atoms with van der Waals surface area (Å²) in [5.74, 6) is -0.667. The molecule has 6 heteroatoms. The maximum Gasteiger partial charge on any atom is 0.240 e. The van der Waals surface area contributed by atoms with E-state index in [0.29, 0.717) is 13.0 Å². The summed E-state index contributed by atoms with van der Waals surface area (Å²) >= 11 is 0. The van der Waals surface area contributed by atoms with Crippen LogP contribution in [-0.4, -0.2) is 40.4 Å². The highest BCUT2D eigenvalue weighted by Gasteiger charge is 2.27. The second-order valence-electron chi connectivity index (χ2n) is 7.38. The first-order valence-corrected chi connectivity index (χ1v) is 10.1. The Morgan fingerprint density at radius 1 is 0.966 bits per heavy atom. The fourth-order valence-electron chi connectivity index (χ4n) is 3.27. The minimum absolute atomic E-state index is 0.160. The number of phenolic OH excluding ortho intramolecular Hbond substituents is 1. The Morgan fingerprint density at radius 3 is 2.24 bits per heavy atom. The van der Waals surface area contributed by atoms with E-state index in [1.807, 2.05) is 18.2 Å². The van der Waals surface area contributed by atoms with E-state index >= 15 is 0 Å². The molecule has 0 heterocycles. The van der Waals surface area contributed by atoms with Crippen molar-refractivity contribution in [2.24, 2.45) is 11.5 Å². The average molecular weight is 398 g/mol. The highest BCUT2D eigenvalue weighted by Crippen LogP contribution is 2.14. The zero-order valence-corrected chi connectivity index (χ0v) is 17.0. The molecule has 6 nitrogen and oxygen atoms in total. The van der Waals surface area contributed by atoms with Gasteiger partial charge in [0.2, 0.25) is 11.8 Å². The summed E-state index contributed by atoms with van der Waals surface area (Å²) in [6.07, 6.45) is 4.05. The molecule has 2 aromatic rings. The molecule has 0 saturated carbocycles. The number of carbonyl (C=O) groups excluding carboxylic acids is 2. The molecule has 0 unspecified atom stereocenters. The summed E-state index contributed by atoms with van der Waals surface area (Å²) in [5, 5.41) is 9.38. The number of unbranched alkanes of at least 4 members (excludes halogenated alkanes) is 2. The van der Waals surface area contributed by atoms with Crippen molar-refractivity contribution in [2.45, 2.75) is 51.1 Å². The van der Waals surface area contributed by atoms with Crippen LogP contribution in [0.1, 0.15) is 37.3 Å². The van der Waals surface area contributed by atoms with Gasteiger partial charge >= 0.3 is 0 Å². The Balaban J connectivity index is 1.89. The third kappa shape index (κ3) is 7.23. The van der Waals surface area contributed by atoms with Crippen molar-refractivity contribution in [1.82, 2.24) is 4.90 Å². The van der Waals surface area contributed by atoms with Crippen molar-refractivity contribution in [3.05, 3.63) is 65.7 Å². The third-order valence-corrected chi connectivity index (χ3v) is 5.08. The first-order chi connectivity index (χ1) is 13.9. The minimum atomic E-state index is -0.773. The fourth-order valence-corrected chi connectivity index (χ4v) is 3.27. The molecule has 2 atom stereocenters. The molecule has 0 aliphatic rings. The van der Waals surface area contributed by atoms with Crippen LogP contribution in [0, 0.1) is 0 Å². The third-order valence-electron chi connectivity index (χ3n) is 5.08. The molecule has 5 N–H and O–H groups in total. The van der Waals surface area contributed by atoms with Crippen molar-refractivity contribution in [1.29, 1.82) is 0 Å². The Hall–Kier alpha value is -2.86. The predicted molar refractivity (Wildman–Crippen MR) is 114 cm³/mol. The van der Waals surface area contributed by atoms with Crippen LogP contribution in [0.15, 0.2) is 54.6 Å².